The van der Waals surface area contributed by atoms with E-state index >= 15 is 0 Å². The quantitative estimate of drug-likeness (QED) is 0.0146. The molecule has 0 saturated heterocycles. The summed E-state index contributed by atoms with van der Waals surface area (Å²) in [4.78, 5) is 59.0. The van der Waals surface area contributed by atoms with Crippen molar-refractivity contribution in [2.45, 2.75) is 386 Å². The van der Waals surface area contributed by atoms with Crippen LogP contribution in [0.15, 0.2) is 182 Å². The van der Waals surface area contributed by atoms with E-state index in [1.54, 1.807) is 0 Å². The smallest absolute Gasteiger partial charge is 0.463 e. The summed E-state index contributed by atoms with van der Waals surface area (Å²) in [5, 5.41) is 20.7. The van der Waals surface area contributed by atoms with Crippen LogP contribution in [0.1, 0.15) is 367 Å². The number of unbranched alkanes of at least 4 members (excludes halogenated alkanes) is 33. The van der Waals surface area contributed by atoms with Crippen molar-refractivity contribution in [3.05, 3.63) is 182 Å². The first-order valence-corrected chi connectivity index (χ1v) is 49.1. The predicted molar refractivity (Wildman–Crippen MR) is 491 cm³/mol. The third kappa shape index (κ3) is 91.2. The highest BCUT2D eigenvalue weighted by molar-refractivity contribution is 7.47. The number of aliphatic hydroxyl groups excluding tert-OH is 2. The molecule has 0 radical (unpaired) electrons. The number of rotatable bonds is 86. The van der Waals surface area contributed by atoms with E-state index in [0.717, 1.165) is 148 Å². The summed E-state index contributed by atoms with van der Waals surface area (Å²) in [6.45, 7) is 2.40. The van der Waals surface area contributed by atoms with Crippen LogP contribution in [0, 0.1) is 0 Å². The van der Waals surface area contributed by atoms with Gasteiger partial charge in [0.25, 0.3) is 0 Å². The lowest BCUT2D eigenvalue weighted by molar-refractivity contribution is -0.161. The zero-order chi connectivity index (χ0) is 85.1. The maximum Gasteiger partial charge on any atom is 0.472 e. The molecular weight excluding hydrogens is 1510 g/mol. The van der Waals surface area contributed by atoms with Crippen molar-refractivity contribution in [2.24, 2.45) is 0 Å². The van der Waals surface area contributed by atoms with Crippen LogP contribution in [0.5, 0.6) is 0 Å². The van der Waals surface area contributed by atoms with E-state index in [1.807, 2.05) is 0 Å². The van der Waals surface area contributed by atoms with Crippen LogP contribution in [0.3, 0.4) is 0 Å². The first-order chi connectivity index (χ1) is 57.2. The normalized spacial score (nSPS) is 14.6. The number of carbonyl (C=O) groups excluding carboxylic acids is 3. The summed E-state index contributed by atoms with van der Waals surface area (Å²) >= 11 is 0. The fourth-order valence-corrected chi connectivity index (χ4v) is 13.8. The number of carbonyl (C=O) groups is 3. The zero-order valence-corrected chi connectivity index (χ0v) is 75.4. The molecular formula is C99H166O16P2. The van der Waals surface area contributed by atoms with Gasteiger partial charge in [-0.25, -0.2) is 9.13 Å². The van der Waals surface area contributed by atoms with Crippen molar-refractivity contribution < 1.29 is 75.8 Å². The molecule has 117 heavy (non-hydrogen) atoms. The van der Waals surface area contributed by atoms with Crippen molar-refractivity contribution in [1.29, 1.82) is 0 Å². The van der Waals surface area contributed by atoms with Crippen LogP contribution in [0.2, 0.25) is 0 Å². The average molecular weight is 1670 g/mol. The summed E-state index contributed by atoms with van der Waals surface area (Å²) in [5.74, 6) is -1.63. The van der Waals surface area contributed by atoms with Crippen molar-refractivity contribution in [1.82, 2.24) is 0 Å². The molecule has 4 N–H and O–H groups in total. The lowest BCUT2D eigenvalue weighted by Gasteiger charge is -2.21. The summed E-state index contributed by atoms with van der Waals surface area (Å²) < 4.78 is 61.4. The second-order valence-electron chi connectivity index (χ2n) is 30.3. The Hall–Kier alpha value is -5.35. The van der Waals surface area contributed by atoms with Gasteiger partial charge in [0.05, 0.1) is 26.4 Å². The number of hydrogen-bond acceptors (Lipinski definition) is 14. The number of allylic oxidation sites excluding steroid dienone is 30. The number of aliphatic hydroxyl groups is 2. The highest BCUT2D eigenvalue weighted by atomic mass is 31.2. The van der Waals surface area contributed by atoms with Gasteiger partial charge in [-0.3, -0.25) is 32.5 Å². The lowest BCUT2D eigenvalue weighted by atomic mass is 10.0. The summed E-state index contributed by atoms with van der Waals surface area (Å²) in [6.07, 6.45) is 118. The van der Waals surface area contributed by atoms with E-state index < -0.39 is 91.5 Å². The maximum absolute atomic E-state index is 13.0. The zero-order valence-electron chi connectivity index (χ0n) is 73.6. The third-order valence-electron chi connectivity index (χ3n) is 19.1. The summed E-state index contributed by atoms with van der Waals surface area (Å²) in [7, 11) is -9.83. The Labute approximate surface area is 713 Å². The van der Waals surface area contributed by atoms with Crippen LogP contribution in [0.25, 0.3) is 0 Å². The molecule has 0 amide bonds. The van der Waals surface area contributed by atoms with Crippen molar-refractivity contribution >= 4 is 33.6 Å². The van der Waals surface area contributed by atoms with E-state index in [1.165, 1.54) is 154 Å². The minimum Gasteiger partial charge on any atom is -0.463 e. The molecule has 0 aromatic rings. The van der Waals surface area contributed by atoms with Gasteiger partial charge in [0, 0.05) is 19.3 Å². The average Bonchev–Trinajstić information content (AvgIpc) is 0.900. The molecule has 18 heteroatoms. The molecule has 0 aromatic carbocycles. The molecule has 0 aromatic heterocycles. The van der Waals surface area contributed by atoms with Crippen molar-refractivity contribution in [2.75, 3.05) is 39.6 Å². The van der Waals surface area contributed by atoms with Crippen LogP contribution >= 0.6 is 15.6 Å². The van der Waals surface area contributed by atoms with Gasteiger partial charge in [0.15, 0.2) is 6.10 Å². The van der Waals surface area contributed by atoms with Gasteiger partial charge in [-0.1, -0.05) is 370 Å². The maximum atomic E-state index is 13.0. The minimum absolute atomic E-state index is 0.0440. The molecule has 0 aliphatic heterocycles. The van der Waals surface area contributed by atoms with Crippen LogP contribution in [0.4, 0.5) is 0 Å². The predicted octanol–water partition coefficient (Wildman–Crippen LogP) is 28.4. The molecule has 0 spiro atoms. The number of hydrogen-bond donors (Lipinski definition) is 4. The third-order valence-corrected chi connectivity index (χ3v) is 21.0. The molecule has 0 heterocycles. The van der Waals surface area contributed by atoms with E-state index in [0.29, 0.717) is 25.7 Å². The van der Waals surface area contributed by atoms with Crippen LogP contribution in [-0.2, 0) is 55.8 Å². The van der Waals surface area contributed by atoms with Crippen LogP contribution in [-0.4, -0.2) is 95.9 Å². The van der Waals surface area contributed by atoms with Crippen molar-refractivity contribution in [3.8, 4) is 0 Å². The van der Waals surface area contributed by atoms with Gasteiger partial charge in [0.1, 0.15) is 25.4 Å². The molecule has 668 valence electrons. The van der Waals surface area contributed by atoms with Gasteiger partial charge in [0.2, 0.25) is 0 Å². The second kappa shape index (κ2) is 89.9. The number of esters is 3. The van der Waals surface area contributed by atoms with E-state index in [4.69, 9.17) is 32.3 Å². The topological polar surface area (TPSA) is 231 Å². The van der Waals surface area contributed by atoms with Gasteiger partial charge in [-0.05, 0) is 161 Å². The van der Waals surface area contributed by atoms with Crippen molar-refractivity contribution in [3.63, 3.8) is 0 Å². The number of phosphoric ester groups is 2. The first-order valence-electron chi connectivity index (χ1n) is 46.1. The lowest BCUT2D eigenvalue weighted by Crippen LogP contribution is -2.30. The molecule has 5 unspecified atom stereocenters. The Balaban J connectivity index is 4.62. The van der Waals surface area contributed by atoms with Crippen LogP contribution < -0.4 is 0 Å². The first kappa shape index (κ1) is 112. The van der Waals surface area contributed by atoms with E-state index in [2.05, 4.69) is 203 Å². The van der Waals surface area contributed by atoms with Gasteiger partial charge >= 0.3 is 33.6 Å². The molecule has 0 aliphatic rings. The van der Waals surface area contributed by atoms with Gasteiger partial charge < -0.3 is 34.2 Å². The largest absolute Gasteiger partial charge is 0.472 e. The van der Waals surface area contributed by atoms with E-state index in [9.17, 15) is 43.5 Å². The second-order valence-corrected chi connectivity index (χ2v) is 33.2. The Morgan fingerprint density at radius 3 is 0.735 bits per heavy atom. The monoisotopic (exact) mass is 1670 g/mol. The number of ether oxygens (including phenoxy) is 3. The Morgan fingerprint density at radius 1 is 0.248 bits per heavy atom. The molecule has 0 fully saturated rings. The standard InChI is InChI=1S/C99H166O16P2/c1-4-7-10-13-16-19-22-25-28-31-34-37-39-41-43-45-46-48-50-51-53-56-58-61-64-67-70-73-76-79-82-85-97(102)109-88-94(100)89-111-116(105,106)112-90-95(101)91-113-117(107,108)114-93-96(115-99(104)87-84-81-78-75-72-69-66-63-60-55-36-33-30-27-24-21-18-15-12-9-6-3)92-110-98(103)86-83-80-77-74-71-68-65-62-59-57-54-52-49-47-44-42-40-38-35-32-29-26-23-20-17-14-11-8-5-2/h8-9,11-12,16-21,25-30,34-38,41-44,55,63,66,72,75,94-96,100-101H,4-7,10,13-15,22-24,31-33,39-40,45-54,56-62,64-65,67-71,73-74,76-93H2,1-3H3,(H,105,106)(H,107,108)/b11-8-,12-9-,19-16-,20-17-,21-18-,28-25-,29-26-,30-27-,37-34-,38-35-,43-41-,44-42-,55-36-,66-63-,75-72-. The highest BCUT2D eigenvalue weighted by Crippen LogP contribution is 2.45. The van der Waals surface area contributed by atoms with Gasteiger partial charge in [-0.2, -0.15) is 0 Å². The Kier molecular flexibility index (Phi) is 85.8. The Morgan fingerprint density at radius 2 is 0.453 bits per heavy atom. The van der Waals surface area contributed by atoms with Gasteiger partial charge in [-0.15, -0.1) is 0 Å². The number of phosphoric acid groups is 2. The molecule has 0 aliphatic carbocycles. The molecule has 5 atom stereocenters. The molecule has 0 bridgehead atoms. The summed E-state index contributed by atoms with van der Waals surface area (Å²) in [5.41, 5.74) is 0. The molecule has 16 nitrogen and oxygen atoms in total. The van der Waals surface area contributed by atoms with E-state index in [-0.39, 0.29) is 19.3 Å². The highest BCUT2D eigenvalue weighted by Gasteiger charge is 2.29. The molecule has 0 saturated carbocycles. The molecule has 0 rings (SSSR count). The Bertz CT molecular complexity index is 2860. The fraction of sp³-hybridized carbons (Fsp3) is 0.667. The summed E-state index contributed by atoms with van der Waals surface area (Å²) in [6, 6.07) is 0. The fourth-order valence-electron chi connectivity index (χ4n) is 12.2. The SMILES string of the molecule is CC/C=C\C/C=C\C/C=C\C/C=C\C/C=C\C/C=C\CCCCC(=O)OC(COC(=O)CCCCCCCCCCCCCCC/C=C\C/C=C\C/C=C\C/C=C\C/C=C\CC)COP(=O)(O)OCC(O)COP(=O)(O)OCC(O)COC(=O)CCCCCCCCCCCCCCCCC/C=C\C/C=C\C/C=C\C/C=C\CCCCC. The minimum atomic E-state index is -4.96.